The van der Waals surface area contributed by atoms with Crippen LogP contribution < -0.4 is 10.6 Å². The maximum absolute atomic E-state index is 12.3. The molecule has 3 aromatic rings. The number of carbonyl (C=O) groups excluding carboxylic acids is 2. The van der Waals surface area contributed by atoms with Gasteiger partial charge in [0.05, 0.1) is 6.54 Å². The monoisotopic (exact) mass is 336 g/mol. The highest BCUT2D eigenvalue weighted by Crippen LogP contribution is 2.24. The van der Waals surface area contributed by atoms with Crippen LogP contribution in [0.5, 0.6) is 0 Å². The zero-order chi connectivity index (χ0) is 18.0. The van der Waals surface area contributed by atoms with Gasteiger partial charge in [0.1, 0.15) is 5.58 Å². The van der Waals surface area contributed by atoms with Crippen LogP contribution in [0.3, 0.4) is 0 Å². The predicted octanol–water partition coefficient (Wildman–Crippen LogP) is 3.73. The fourth-order valence-corrected chi connectivity index (χ4v) is 2.71. The van der Waals surface area contributed by atoms with E-state index in [4.69, 9.17) is 4.42 Å². The Morgan fingerprint density at radius 1 is 0.960 bits per heavy atom. The molecule has 0 aliphatic rings. The molecule has 0 unspecified atom stereocenters. The summed E-state index contributed by atoms with van der Waals surface area (Å²) in [5.41, 5.74) is 4.28. The Morgan fingerprint density at radius 2 is 1.72 bits per heavy atom. The SMILES string of the molecule is Cc1cccc(NC(=O)CNC(=O)c2oc3ccccc3c2C)c1C. The maximum atomic E-state index is 12.3. The van der Waals surface area contributed by atoms with Crippen LogP contribution in [-0.4, -0.2) is 18.4 Å². The highest BCUT2D eigenvalue weighted by molar-refractivity contribution is 6.01. The van der Waals surface area contributed by atoms with Gasteiger partial charge in [-0.3, -0.25) is 9.59 Å². The zero-order valence-corrected chi connectivity index (χ0v) is 14.5. The molecule has 2 aromatic carbocycles. The molecule has 0 fully saturated rings. The third-order valence-corrected chi connectivity index (χ3v) is 4.34. The summed E-state index contributed by atoms with van der Waals surface area (Å²) >= 11 is 0. The van der Waals surface area contributed by atoms with E-state index in [9.17, 15) is 9.59 Å². The normalized spacial score (nSPS) is 10.7. The molecule has 5 nitrogen and oxygen atoms in total. The van der Waals surface area contributed by atoms with Gasteiger partial charge in [0.15, 0.2) is 5.76 Å². The molecular formula is C20H20N2O3. The van der Waals surface area contributed by atoms with Crippen LogP contribution in [0.4, 0.5) is 5.69 Å². The lowest BCUT2D eigenvalue weighted by molar-refractivity contribution is -0.115. The average molecular weight is 336 g/mol. The van der Waals surface area contributed by atoms with Crippen LogP contribution in [-0.2, 0) is 4.79 Å². The van der Waals surface area contributed by atoms with Crippen molar-refractivity contribution in [2.24, 2.45) is 0 Å². The number of aryl methyl sites for hydroxylation is 2. The second-order valence-corrected chi connectivity index (χ2v) is 6.03. The third-order valence-electron chi connectivity index (χ3n) is 4.34. The number of anilines is 1. The fraction of sp³-hybridized carbons (Fsp3) is 0.200. The summed E-state index contributed by atoms with van der Waals surface area (Å²) in [7, 11) is 0. The number of hydrogen-bond donors (Lipinski definition) is 2. The molecule has 5 heteroatoms. The highest BCUT2D eigenvalue weighted by Gasteiger charge is 2.18. The highest BCUT2D eigenvalue weighted by atomic mass is 16.3. The smallest absolute Gasteiger partial charge is 0.287 e. The molecule has 0 saturated carbocycles. The number of nitrogens with one attached hydrogen (secondary N) is 2. The van der Waals surface area contributed by atoms with E-state index >= 15 is 0 Å². The van der Waals surface area contributed by atoms with Gasteiger partial charge in [0, 0.05) is 16.6 Å². The summed E-state index contributed by atoms with van der Waals surface area (Å²) in [6.45, 7) is 5.64. The predicted molar refractivity (Wildman–Crippen MR) is 97.8 cm³/mol. The van der Waals surface area contributed by atoms with Gasteiger partial charge in [0.2, 0.25) is 5.91 Å². The van der Waals surface area contributed by atoms with Crippen molar-refractivity contribution in [3.63, 3.8) is 0 Å². The number of amides is 2. The molecule has 2 N–H and O–H groups in total. The first-order valence-electron chi connectivity index (χ1n) is 8.09. The number of benzene rings is 2. The van der Waals surface area contributed by atoms with Gasteiger partial charge in [-0.1, -0.05) is 30.3 Å². The van der Waals surface area contributed by atoms with Crippen molar-refractivity contribution in [2.75, 3.05) is 11.9 Å². The van der Waals surface area contributed by atoms with Crippen molar-refractivity contribution in [1.29, 1.82) is 0 Å². The Labute approximate surface area is 146 Å². The Bertz CT molecular complexity index is 957. The van der Waals surface area contributed by atoms with Crippen molar-refractivity contribution in [1.82, 2.24) is 5.32 Å². The Balaban J connectivity index is 1.66. The molecule has 0 aliphatic heterocycles. The zero-order valence-electron chi connectivity index (χ0n) is 14.5. The second-order valence-electron chi connectivity index (χ2n) is 6.03. The number of para-hydroxylation sites is 1. The van der Waals surface area contributed by atoms with Gasteiger partial charge >= 0.3 is 0 Å². The van der Waals surface area contributed by atoms with E-state index in [0.29, 0.717) is 5.58 Å². The Morgan fingerprint density at radius 3 is 2.48 bits per heavy atom. The minimum atomic E-state index is -0.398. The fourth-order valence-electron chi connectivity index (χ4n) is 2.71. The van der Waals surface area contributed by atoms with Crippen molar-refractivity contribution >= 4 is 28.5 Å². The first kappa shape index (κ1) is 16.8. The lowest BCUT2D eigenvalue weighted by atomic mass is 10.1. The van der Waals surface area contributed by atoms with E-state index in [1.165, 1.54) is 0 Å². The lowest BCUT2D eigenvalue weighted by Crippen LogP contribution is -2.33. The standard InChI is InChI=1S/C20H20N2O3/c1-12-7-6-9-16(13(12)2)22-18(23)11-21-20(24)19-14(3)15-8-4-5-10-17(15)25-19/h4-10H,11H2,1-3H3,(H,21,24)(H,22,23). The molecule has 0 spiro atoms. The van der Waals surface area contributed by atoms with Gasteiger partial charge in [-0.25, -0.2) is 0 Å². The van der Waals surface area contributed by atoms with Gasteiger partial charge in [-0.05, 0) is 44.0 Å². The van der Waals surface area contributed by atoms with Crippen LogP contribution in [0.2, 0.25) is 0 Å². The van der Waals surface area contributed by atoms with Crippen molar-refractivity contribution in [3.05, 3.63) is 64.9 Å². The van der Waals surface area contributed by atoms with Crippen molar-refractivity contribution < 1.29 is 14.0 Å². The topological polar surface area (TPSA) is 71.3 Å². The molecule has 0 atom stereocenters. The van der Waals surface area contributed by atoms with Gasteiger partial charge in [-0.15, -0.1) is 0 Å². The van der Waals surface area contributed by atoms with Crippen LogP contribution in [0, 0.1) is 20.8 Å². The van der Waals surface area contributed by atoms with Crippen molar-refractivity contribution in [3.8, 4) is 0 Å². The van der Waals surface area contributed by atoms with E-state index in [0.717, 1.165) is 27.8 Å². The molecule has 0 aliphatic carbocycles. The molecule has 3 rings (SSSR count). The second kappa shape index (κ2) is 6.81. The van der Waals surface area contributed by atoms with Gasteiger partial charge in [0.25, 0.3) is 5.91 Å². The molecule has 2 amide bonds. The first-order valence-corrected chi connectivity index (χ1v) is 8.09. The molecule has 0 radical (unpaired) electrons. The minimum absolute atomic E-state index is 0.122. The first-order chi connectivity index (χ1) is 12.0. The van der Waals surface area contributed by atoms with Gasteiger partial charge < -0.3 is 15.1 Å². The maximum Gasteiger partial charge on any atom is 0.287 e. The molecular weight excluding hydrogens is 316 g/mol. The number of hydrogen-bond acceptors (Lipinski definition) is 3. The summed E-state index contributed by atoms with van der Waals surface area (Å²) in [6, 6.07) is 13.2. The number of carbonyl (C=O) groups is 2. The van der Waals surface area contributed by atoms with Crippen LogP contribution in [0.15, 0.2) is 46.9 Å². The molecule has 1 heterocycles. The van der Waals surface area contributed by atoms with Crippen LogP contribution >= 0.6 is 0 Å². The number of rotatable bonds is 4. The van der Waals surface area contributed by atoms with Crippen LogP contribution in [0.25, 0.3) is 11.0 Å². The quantitative estimate of drug-likeness (QED) is 0.762. The van der Waals surface area contributed by atoms with Crippen LogP contribution in [0.1, 0.15) is 27.2 Å². The van der Waals surface area contributed by atoms with E-state index in [2.05, 4.69) is 10.6 Å². The Kier molecular flexibility index (Phi) is 4.57. The third kappa shape index (κ3) is 3.40. The molecule has 128 valence electrons. The molecule has 0 saturated heterocycles. The lowest BCUT2D eigenvalue weighted by Gasteiger charge is -2.10. The Hall–Kier alpha value is -3.08. The summed E-state index contributed by atoms with van der Waals surface area (Å²) in [4.78, 5) is 24.4. The van der Waals surface area contributed by atoms with E-state index in [1.54, 1.807) is 0 Å². The summed E-state index contributed by atoms with van der Waals surface area (Å²) in [6.07, 6.45) is 0. The summed E-state index contributed by atoms with van der Waals surface area (Å²) in [5.74, 6) is -0.443. The van der Waals surface area contributed by atoms with E-state index < -0.39 is 5.91 Å². The van der Waals surface area contributed by atoms with E-state index in [-0.39, 0.29) is 18.2 Å². The van der Waals surface area contributed by atoms with Gasteiger partial charge in [-0.2, -0.15) is 0 Å². The molecule has 25 heavy (non-hydrogen) atoms. The molecule has 0 bridgehead atoms. The molecule has 1 aromatic heterocycles. The summed E-state index contributed by atoms with van der Waals surface area (Å²) in [5, 5.41) is 6.32. The van der Waals surface area contributed by atoms with Crippen molar-refractivity contribution in [2.45, 2.75) is 20.8 Å². The number of fused-ring (bicyclic) bond motifs is 1. The summed E-state index contributed by atoms with van der Waals surface area (Å²) < 4.78 is 5.60. The largest absolute Gasteiger partial charge is 0.451 e. The average Bonchev–Trinajstić information content (AvgIpc) is 2.94. The minimum Gasteiger partial charge on any atom is -0.451 e. The van der Waals surface area contributed by atoms with E-state index in [1.807, 2.05) is 63.2 Å². The number of furan rings is 1.